The van der Waals surface area contributed by atoms with Gasteiger partial charge in [0.25, 0.3) is 0 Å². The number of hydrogen-bond donors (Lipinski definition) is 1. The monoisotopic (exact) mass is 313 g/mol. The molecule has 3 atom stereocenters. The zero-order chi connectivity index (χ0) is 15.6. The molecule has 0 heterocycles. The van der Waals surface area contributed by atoms with Crippen LogP contribution in [-0.4, -0.2) is 18.3 Å². The minimum atomic E-state index is -0.777. The fourth-order valence-electron chi connectivity index (χ4n) is 3.10. The SMILES string of the molecule is CNC1CCC(C(C)(C)C)CC1Sc1ccc(F)c(F)c1. The van der Waals surface area contributed by atoms with Crippen LogP contribution in [0.25, 0.3) is 0 Å². The summed E-state index contributed by atoms with van der Waals surface area (Å²) in [4.78, 5) is 0.814. The molecule has 0 amide bonds. The minimum Gasteiger partial charge on any atom is -0.316 e. The summed E-state index contributed by atoms with van der Waals surface area (Å²) in [6.45, 7) is 6.87. The zero-order valence-corrected chi connectivity index (χ0v) is 14.1. The minimum absolute atomic E-state index is 0.297. The molecule has 0 aromatic heterocycles. The van der Waals surface area contributed by atoms with Crippen LogP contribution in [-0.2, 0) is 0 Å². The second-order valence-electron chi connectivity index (χ2n) is 7.00. The van der Waals surface area contributed by atoms with Gasteiger partial charge in [0, 0.05) is 16.2 Å². The van der Waals surface area contributed by atoms with Crippen molar-refractivity contribution in [1.82, 2.24) is 5.32 Å². The van der Waals surface area contributed by atoms with Gasteiger partial charge in [0.2, 0.25) is 0 Å². The van der Waals surface area contributed by atoms with Gasteiger partial charge in [-0.2, -0.15) is 0 Å². The Kier molecular flexibility index (Phi) is 5.31. The molecule has 0 bridgehead atoms. The van der Waals surface area contributed by atoms with Gasteiger partial charge >= 0.3 is 0 Å². The van der Waals surface area contributed by atoms with E-state index in [1.54, 1.807) is 17.8 Å². The number of rotatable bonds is 3. The Morgan fingerprint density at radius 2 is 1.86 bits per heavy atom. The van der Waals surface area contributed by atoms with Gasteiger partial charge in [-0.25, -0.2) is 8.78 Å². The van der Waals surface area contributed by atoms with E-state index in [0.29, 0.717) is 22.6 Å². The van der Waals surface area contributed by atoms with E-state index in [1.165, 1.54) is 18.6 Å². The molecule has 4 heteroatoms. The number of hydrogen-bond acceptors (Lipinski definition) is 2. The molecule has 1 nitrogen and oxygen atoms in total. The lowest BCUT2D eigenvalue weighted by Crippen LogP contribution is -2.43. The largest absolute Gasteiger partial charge is 0.316 e. The molecule has 1 aromatic rings. The first-order valence-corrected chi connectivity index (χ1v) is 8.48. The van der Waals surface area contributed by atoms with E-state index in [1.807, 2.05) is 7.05 Å². The van der Waals surface area contributed by atoms with Crippen molar-refractivity contribution in [2.24, 2.45) is 11.3 Å². The third-order valence-corrected chi connectivity index (χ3v) is 5.92. The Morgan fingerprint density at radius 3 is 2.43 bits per heavy atom. The van der Waals surface area contributed by atoms with Crippen LogP contribution in [0.3, 0.4) is 0 Å². The average molecular weight is 313 g/mol. The summed E-state index contributed by atoms with van der Waals surface area (Å²) in [6, 6.07) is 4.64. The molecule has 1 saturated carbocycles. The van der Waals surface area contributed by atoms with E-state index in [0.717, 1.165) is 17.7 Å². The van der Waals surface area contributed by atoms with Crippen LogP contribution in [0, 0.1) is 23.0 Å². The molecule has 1 aliphatic rings. The highest BCUT2D eigenvalue weighted by atomic mass is 32.2. The van der Waals surface area contributed by atoms with Crippen molar-refractivity contribution in [1.29, 1.82) is 0 Å². The molecular formula is C17H25F2NS. The Bertz CT molecular complexity index is 484. The normalized spacial score (nSPS) is 26.9. The van der Waals surface area contributed by atoms with Crippen LogP contribution < -0.4 is 5.32 Å². The van der Waals surface area contributed by atoms with Crippen molar-refractivity contribution in [2.75, 3.05) is 7.05 Å². The Hall–Kier alpha value is -0.610. The van der Waals surface area contributed by atoms with Gasteiger partial charge in [-0.3, -0.25) is 0 Å². The third-order valence-electron chi connectivity index (χ3n) is 4.57. The van der Waals surface area contributed by atoms with Gasteiger partial charge in [-0.05, 0) is 55.8 Å². The van der Waals surface area contributed by atoms with E-state index < -0.39 is 11.6 Å². The first-order chi connectivity index (χ1) is 9.81. The van der Waals surface area contributed by atoms with Crippen LogP contribution in [0.4, 0.5) is 8.78 Å². The van der Waals surface area contributed by atoms with Crippen LogP contribution in [0.1, 0.15) is 40.0 Å². The topological polar surface area (TPSA) is 12.0 Å². The fourth-order valence-corrected chi connectivity index (χ4v) is 4.53. The molecule has 1 N–H and O–H groups in total. The van der Waals surface area contributed by atoms with E-state index in [-0.39, 0.29) is 0 Å². The highest BCUT2D eigenvalue weighted by Gasteiger charge is 2.35. The fraction of sp³-hybridized carbons (Fsp3) is 0.647. The summed E-state index contributed by atoms with van der Waals surface area (Å²) in [6.07, 6.45) is 3.47. The molecule has 1 aromatic carbocycles. The molecule has 21 heavy (non-hydrogen) atoms. The van der Waals surface area contributed by atoms with Gasteiger partial charge < -0.3 is 5.32 Å². The van der Waals surface area contributed by atoms with Crippen LogP contribution in [0.15, 0.2) is 23.1 Å². The predicted molar refractivity (Wildman–Crippen MR) is 85.6 cm³/mol. The smallest absolute Gasteiger partial charge is 0.159 e. The highest BCUT2D eigenvalue weighted by Crippen LogP contribution is 2.43. The molecule has 0 saturated heterocycles. The predicted octanol–water partition coefficient (Wildman–Crippen LogP) is 4.86. The molecule has 1 aliphatic carbocycles. The lowest BCUT2D eigenvalue weighted by Gasteiger charge is -2.41. The summed E-state index contributed by atoms with van der Waals surface area (Å²) in [5.74, 6) is -0.866. The lowest BCUT2D eigenvalue weighted by atomic mass is 9.71. The molecule has 0 spiro atoms. The molecule has 1 fully saturated rings. The third kappa shape index (κ3) is 4.19. The molecule has 0 aliphatic heterocycles. The van der Waals surface area contributed by atoms with Crippen LogP contribution in [0.2, 0.25) is 0 Å². The highest BCUT2D eigenvalue weighted by molar-refractivity contribution is 8.00. The van der Waals surface area contributed by atoms with Crippen molar-refractivity contribution in [3.63, 3.8) is 0 Å². The molecule has 118 valence electrons. The van der Waals surface area contributed by atoms with E-state index >= 15 is 0 Å². The lowest BCUT2D eigenvalue weighted by molar-refractivity contribution is 0.167. The maximum absolute atomic E-state index is 13.4. The van der Waals surface area contributed by atoms with E-state index in [4.69, 9.17) is 0 Å². The van der Waals surface area contributed by atoms with Gasteiger partial charge in [-0.1, -0.05) is 20.8 Å². The van der Waals surface area contributed by atoms with Crippen molar-refractivity contribution in [2.45, 2.75) is 56.2 Å². The quantitative estimate of drug-likeness (QED) is 0.855. The Labute approximate surface area is 130 Å². The Balaban J connectivity index is 2.12. The van der Waals surface area contributed by atoms with Crippen molar-refractivity contribution >= 4 is 11.8 Å². The number of halogens is 2. The molecule has 0 radical (unpaired) electrons. The standard InChI is InChI=1S/C17H25F2NS/c1-17(2,3)11-5-8-15(20-4)16(9-11)21-12-6-7-13(18)14(19)10-12/h6-7,10-11,15-16,20H,5,8-9H2,1-4H3. The van der Waals surface area contributed by atoms with Crippen molar-refractivity contribution in [3.8, 4) is 0 Å². The zero-order valence-electron chi connectivity index (χ0n) is 13.2. The first-order valence-electron chi connectivity index (χ1n) is 7.60. The molecule has 2 rings (SSSR count). The van der Waals surface area contributed by atoms with Crippen molar-refractivity contribution < 1.29 is 8.78 Å². The summed E-state index contributed by atoms with van der Waals surface area (Å²) in [7, 11) is 1.99. The van der Waals surface area contributed by atoms with Gasteiger partial charge in [0.05, 0.1) is 0 Å². The maximum Gasteiger partial charge on any atom is 0.159 e. The number of nitrogens with one attached hydrogen (secondary N) is 1. The van der Waals surface area contributed by atoms with E-state index in [9.17, 15) is 8.78 Å². The second kappa shape index (κ2) is 6.66. The number of benzene rings is 1. The molecule has 3 unspecified atom stereocenters. The Morgan fingerprint density at radius 1 is 1.14 bits per heavy atom. The first kappa shape index (κ1) is 16.8. The van der Waals surface area contributed by atoms with Crippen LogP contribution in [0.5, 0.6) is 0 Å². The average Bonchev–Trinajstić information content (AvgIpc) is 2.42. The number of thioether (sulfide) groups is 1. The van der Waals surface area contributed by atoms with Crippen LogP contribution >= 0.6 is 11.8 Å². The van der Waals surface area contributed by atoms with Gasteiger partial charge in [0.15, 0.2) is 11.6 Å². The summed E-state index contributed by atoms with van der Waals surface area (Å²) < 4.78 is 26.4. The van der Waals surface area contributed by atoms with Gasteiger partial charge in [-0.15, -0.1) is 11.8 Å². The molecular weight excluding hydrogens is 288 g/mol. The summed E-state index contributed by atoms with van der Waals surface area (Å²) >= 11 is 1.67. The van der Waals surface area contributed by atoms with Crippen molar-refractivity contribution in [3.05, 3.63) is 29.8 Å². The maximum atomic E-state index is 13.4. The summed E-state index contributed by atoms with van der Waals surface area (Å²) in [5, 5.41) is 3.78. The second-order valence-corrected chi connectivity index (χ2v) is 8.32. The summed E-state index contributed by atoms with van der Waals surface area (Å²) in [5.41, 5.74) is 0.297. The van der Waals surface area contributed by atoms with E-state index in [2.05, 4.69) is 26.1 Å². The van der Waals surface area contributed by atoms with Gasteiger partial charge in [0.1, 0.15) is 0 Å².